The van der Waals surface area contributed by atoms with Crippen molar-refractivity contribution < 1.29 is 9.59 Å². The number of nitriles is 1. The van der Waals surface area contributed by atoms with Gasteiger partial charge in [-0.05, 0) is 23.8 Å². The van der Waals surface area contributed by atoms with E-state index in [0.29, 0.717) is 11.3 Å². The molecule has 5 heteroatoms. The lowest BCUT2D eigenvalue weighted by molar-refractivity contribution is -0.114. The molecule has 0 aromatic heterocycles. The lowest BCUT2D eigenvalue weighted by atomic mass is 9.95. The minimum atomic E-state index is -1.03. The molecule has 2 atom stereocenters. The van der Waals surface area contributed by atoms with Crippen LogP contribution in [0.15, 0.2) is 18.2 Å². The molecule has 0 fully saturated rings. The van der Waals surface area contributed by atoms with Crippen molar-refractivity contribution in [3.8, 4) is 6.07 Å². The Labute approximate surface area is 119 Å². The second-order valence-electron chi connectivity index (χ2n) is 4.36. The summed E-state index contributed by atoms with van der Waals surface area (Å²) in [5.41, 5.74) is 2.05. The number of carbonyl (C=O) groups excluding carboxylic acids is 2. The molecule has 0 radical (unpaired) electrons. The number of nitrogens with zero attached hydrogens (tertiary/aromatic N) is 1. The number of halogens is 1. The molecule has 1 amide bonds. The molecule has 18 heavy (non-hydrogen) atoms. The summed E-state index contributed by atoms with van der Waals surface area (Å²) in [7, 11) is 0. The summed E-state index contributed by atoms with van der Waals surface area (Å²) < 4.78 is -1.03. The lowest BCUT2D eigenvalue weighted by Gasteiger charge is -2.16. The van der Waals surface area contributed by atoms with Gasteiger partial charge in [-0.3, -0.25) is 9.59 Å². The van der Waals surface area contributed by atoms with E-state index in [9.17, 15) is 14.9 Å². The number of benzene rings is 1. The van der Waals surface area contributed by atoms with Gasteiger partial charge in [0.1, 0.15) is 0 Å². The Bertz CT molecular complexity index is 591. The summed E-state index contributed by atoms with van der Waals surface area (Å²) in [5.74, 6) is -0.491. The highest BCUT2D eigenvalue weighted by atomic mass is 127. The SMILES string of the molecule is CC(=O)Nc1ccc2c(c1)C(C)C(I)(C#N)C2=O. The number of amides is 1. The van der Waals surface area contributed by atoms with Gasteiger partial charge in [-0.25, -0.2) is 0 Å². The summed E-state index contributed by atoms with van der Waals surface area (Å²) >= 11 is 1.92. The molecular weight excluding hydrogens is 343 g/mol. The van der Waals surface area contributed by atoms with Crippen molar-refractivity contribution in [1.29, 1.82) is 5.26 Å². The fourth-order valence-corrected chi connectivity index (χ4v) is 2.79. The summed E-state index contributed by atoms with van der Waals surface area (Å²) in [4.78, 5) is 23.2. The van der Waals surface area contributed by atoms with E-state index in [0.717, 1.165) is 5.56 Å². The van der Waals surface area contributed by atoms with Crippen LogP contribution in [0, 0.1) is 11.3 Å². The quantitative estimate of drug-likeness (QED) is 0.623. The Morgan fingerprint density at radius 3 is 2.78 bits per heavy atom. The Kier molecular flexibility index (Phi) is 3.15. The van der Waals surface area contributed by atoms with Crippen molar-refractivity contribution in [2.45, 2.75) is 23.2 Å². The molecule has 0 bridgehead atoms. The molecule has 2 rings (SSSR count). The van der Waals surface area contributed by atoms with Gasteiger partial charge in [0.05, 0.1) is 6.07 Å². The van der Waals surface area contributed by atoms with E-state index in [1.807, 2.05) is 29.5 Å². The molecule has 1 aromatic carbocycles. The van der Waals surface area contributed by atoms with Gasteiger partial charge in [0.2, 0.25) is 5.91 Å². The van der Waals surface area contributed by atoms with Crippen molar-refractivity contribution in [3.05, 3.63) is 29.3 Å². The maximum atomic E-state index is 12.2. The highest BCUT2D eigenvalue weighted by Gasteiger charge is 2.49. The number of anilines is 1. The van der Waals surface area contributed by atoms with Crippen LogP contribution < -0.4 is 5.32 Å². The zero-order chi connectivity index (χ0) is 13.5. The number of Topliss-reactive ketones (excluding diaryl/α,β-unsaturated/α-hetero) is 1. The highest BCUT2D eigenvalue weighted by Crippen LogP contribution is 2.46. The predicted octanol–water partition coefficient (Wildman–Crippen LogP) is 2.64. The van der Waals surface area contributed by atoms with Gasteiger partial charge >= 0.3 is 0 Å². The van der Waals surface area contributed by atoms with Crippen LogP contribution in [0.4, 0.5) is 5.69 Å². The third-order valence-corrected chi connectivity index (χ3v) is 4.84. The Balaban J connectivity index is 2.50. The minimum absolute atomic E-state index is 0.150. The van der Waals surface area contributed by atoms with Crippen LogP contribution in [0.5, 0.6) is 0 Å². The standard InChI is InChI=1S/C13H11IN2O2/c1-7-11-5-9(16-8(2)17)3-4-10(11)12(18)13(7,14)6-15/h3-5,7H,1-2H3,(H,16,17). The van der Waals surface area contributed by atoms with Crippen LogP contribution in [0.1, 0.15) is 35.7 Å². The van der Waals surface area contributed by atoms with Crippen molar-refractivity contribution in [1.82, 2.24) is 0 Å². The molecule has 1 aliphatic carbocycles. The maximum absolute atomic E-state index is 12.2. The number of alkyl halides is 1. The summed E-state index contributed by atoms with van der Waals surface area (Å²) in [6.45, 7) is 3.29. The Hall–Kier alpha value is -1.42. The number of ketones is 1. The van der Waals surface area contributed by atoms with Crippen LogP contribution in [-0.2, 0) is 4.79 Å². The molecule has 0 saturated heterocycles. The smallest absolute Gasteiger partial charge is 0.221 e. The molecule has 0 spiro atoms. The third-order valence-electron chi connectivity index (χ3n) is 3.17. The summed E-state index contributed by atoms with van der Waals surface area (Å²) in [5, 5.41) is 11.9. The normalized spacial score (nSPS) is 25.4. The van der Waals surface area contributed by atoms with Crippen LogP contribution in [0.3, 0.4) is 0 Å². The van der Waals surface area contributed by atoms with E-state index in [2.05, 4.69) is 11.4 Å². The molecule has 0 aliphatic heterocycles. The van der Waals surface area contributed by atoms with Gasteiger partial charge in [-0.1, -0.05) is 29.5 Å². The first-order chi connectivity index (χ1) is 8.40. The average molecular weight is 354 g/mol. The molecule has 1 aromatic rings. The van der Waals surface area contributed by atoms with E-state index in [1.165, 1.54) is 6.92 Å². The zero-order valence-corrected chi connectivity index (χ0v) is 12.1. The molecule has 0 saturated carbocycles. The van der Waals surface area contributed by atoms with E-state index >= 15 is 0 Å². The zero-order valence-electron chi connectivity index (χ0n) is 9.95. The van der Waals surface area contributed by atoms with E-state index < -0.39 is 3.42 Å². The van der Waals surface area contributed by atoms with Gasteiger partial charge in [0, 0.05) is 24.1 Å². The monoisotopic (exact) mass is 354 g/mol. The maximum Gasteiger partial charge on any atom is 0.221 e. The van der Waals surface area contributed by atoms with Crippen molar-refractivity contribution >= 4 is 40.0 Å². The molecule has 1 N–H and O–H groups in total. The number of carbonyl (C=O) groups is 2. The Morgan fingerprint density at radius 1 is 1.56 bits per heavy atom. The first kappa shape index (κ1) is 13.0. The topological polar surface area (TPSA) is 70.0 Å². The second kappa shape index (κ2) is 4.35. The highest BCUT2D eigenvalue weighted by molar-refractivity contribution is 14.1. The molecule has 2 unspecified atom stereocenters. The van der Waals surface area contributed by atoms with Gasteiger partial charge < -0.3 is 5.32 Å². The summed E-state index contributed by atoms with van der Waals surface area (Å²) in [6.07, 6.45) is 0. The molecule has 92 valence electrons. The van der Waals surface area contributed by atoms with Crippen LogP contribution in [0.2, 0.25) is 0 Å². The Morgan fingerprint density at radius 2 is 2.22 bits per heavy atom. The summed E-state index contributed by atoms with van der Waals surface area (Å²) in [6, 6.07) is 7.23. The van der Waals surface area contributed by atoms with Crippen LogP contribution in [0.25, 0.3) is 0 Å². The predicted molar refractivity (Wildman–Crippen MR) is 75.9 cm³/mol. The third kappa shape index (κ3) is 1.81. The van der Waals surface area contributed by atoms with Gasteiger partial charge in [-0.2, -0.15) is 5.26 Å². The van der Waals surface area contributed by atoms with Crippen molar-refractivity contribution in [3.63, 3.8) is 0 Å². The fourth-order valence-electron chi connectivity index (χ4n) is 2.16. The number of hydrogen-bond acceptors (Lipinski definition) is 3. The first-order valence-corrected chi connectivity index (χ1v) is 6.54. The van der Waals surface area contributed by atoms with E-state index in [1.54, 1.807) is 18.2 Å². The van der Waals surface area contributed by atoms with Gasteiger partial charge in [0.15, 0.2) is 9.20 Å². The number of rotatable bonds is 1. The van der Waals surface area contributed by atoms with Gasteiger partial charge in [-0.15, -0.1) is 0 Å². The molecule has 1 aliphatic rings. The van der Waals surface area contributed by atoms with Crippen LogP contribution in [-0.4, -0.2) is 15.1 Å². The number of fused-ring (bicyclic) bond motifs is 1. The first-order valence-electron chi connectivity index (χ1n) is 5.46. The van der Waals surface area contributed by atoms with Crippen molar-refractivity contribution in [2.24, 2.45) is 0 Å². The van der Waals surface area contributed by atoms with E-state index in [4.69, 9.17) is 0 Å². The number of nitrogens with one attached hydrogen (secondary N) is 1. The number of hydrogen-bond donors (Lipinski definition) is 1. The lowest BCUT2D eigenvalue weighted by Crippen LogP contribution is -2.28. The average Bonchev–Trinajstić information content (AvgIpc) is 2.52. The van der Waals surface area contributed by atoms with Gasteiger partial charge in [0.25, 0.3) is 0 Å². The molecular formula is C13H11IN2O2. The molecule has 4 nitrogen and oxygen atoms in total. The minimum Gasteiger partial charge on any atom is -0.326 e. The van der Waals surface area contributed by atoms with Crippen molar-refractivity contribution in [2.75, 3.05) is 5.32 Å². The largest absolute Gasteiger partial charge is 0.326 e. The molecule has 0 heterocycles. The fraction of sp³-hybridized carbons (Fsp3) is 0.308. The second-order valence-corrected chi connectivity index (χ2v) is 6.06. The van der Waals surface area contributed by atoms with Crippen LogP contribution >= 0.6 is 22.6 Å². The van der Waals surface area contributed by atoms with E-state index in [-0.39, 0.29) is 17.6 Å².